The molecule has 1 aliphatic rings. The summed E-state index contributed by atoms with van der Waals surface area (Å²) in [5, 5.41) is 3.39. The fourth-order valence-corrected chi connectivity index (χ4v) is 4.06. The highest BCUT2D eigenvalue weighted by molar-refractivity contribution is 6.34. The number of aryl methyl sites for hydroxylation is 2. The van der Waals surface area contributed by atoms with Gasteiger partial charge >= 0.3 is 0 Å². The van der Waals surface area contributed by atoms with Crippen molar-refractivity contribution in [2.24, 2.45) is 0 Å². The van der Waals surface area contributed by atoms with Crippen LogP contribution in [0.3, 0.4) is 0 Å². The second-order valence-corrected chi connectivity index (χ2v) is 7.62. The van der Waals surface area contributed by atoms with Crippen LogP contribution >= 0.6 is 11.6 Å². The molecule has 0 saturated carbocycles. The van der Waals surface area contributed by atoms with Crippen LogP contribution in [0.1, 0.15) is 34.0 Å². The quantitative estimate of drug-likeness (QED) is 0.675. The predicted octanol–water partition coefficient (Wildman–Crippen LogP) is 5.08. The smallest absolute Gasteiger partial charge is 0.258 e. The van der Waals surface area contributed by atoms with Crippen LogP contribution in [-0.4, -0.2) is 21.9 Å². The highest BCUT2D eigenvalue weighted by Crippen LogP contribution is 2.36. The molecule has 0 radical (unpaired) electrons. The van der Waals surface area contributed by atoms with Crippen LogP contribution in [0.25, 0.3) is 0 Å². The Morgan fingerprint density at radius 3 is 2.61 bits per heavy atom. The Kier molecular flexibility index (Phi) is 4.77. The molecular weight excluding hydrogens is 372 g/mol. The Labute approximate surface area is 169 Å². The molecule has 2 heterocycles. The lowest BCUT2D eigenvalue weighted by Crippen LogP contribution is -2.26. The summed E-state index contributed by atoms with van der Waals surface area (Å²) in [5.74, 6) is 0.314. The number of carbonyl (C=O) groups excluding carboxylic acids is 1. The van der Waals surface area contributed by atoms with Crippen molar-refractivity contribution in [3.63, 3.8) is 0 Å². The van der Waals surface area contributed by atoms with Gasteiger partial charge in [-0.05, 0) is 56.0 Å². The van der Waals surface area contributed by atoms with Crippen molar-refractivity contribution in [3.8, 4) is 0 Å². The summed E-state index contributed by atoms with van der Waals surface area (Å²) in [6.45, 7) is 6.03. The van der Waals surface area contributed by atoms with Crippen molar-refractivity contribution in [2.45, 2.75) is 33.2 Å². The summed E-state index contributed by atoms with van der Waals surface area (Å²) in [6.07, 6.45) is 4.07. The van der Waals surface area contributed by atoms with E-state index in [2.05, 4.69) is 39.2 Å². The minimum Gasteiger partial charge on any atom is -0.320 e. The van der Waals surface area contributed by atoms with Crippen LogP contribution in [-0.2, 0) is 6.42 Å². The van der Waals surface area contributed by atoms with Crippen molar-refractivity contribution in [1.29, 1.82) is 0 Å². The summed E-state index contributed by atoms with van der Waals surface area (Å²) in [5.41, 5.74) is 5.37. The van der Waals surface area contributed by atoms with E-state index in [1.165, 1.54) is 5.56 Å². The predicted molar refractivity (Wildman–Crippen MR) is 113 cm³/mol. The largest absolute Gasteiger partial charge is 0.320 e. The Morgan fingerprint density at radius 2 is 1.89 bits per heavy atom. The van der Waals surface area contributed by atoms with Gasteiger partial charge in [0.2, 0.25) is 5.95 Å². The number of nitrogens with one attached hydrogen (secondary N) is 1. The van der Waals surface area contributed by atoms with Crippen molar-refractivity contribution in [2.75, 3.05) is 10.2 Å². The van der Waals surface area contributed by atoms with Gasteiger partial charge in [-0.3, -0.25) is 4.79 Å². The third-order valence-corrected chi connectivity index (χ3v) is 5.29. The van der Waals surface area contributed by atoms with Gasteiger partial charge in [0.1, 0.15) is 0 Å². The van der Waals surface area contributed by atoms with Gasteiger partial charge in [0.25, 0.3) is 5.91 Å². The number of hydrogen-bond acceptors (Lipinski definition) is 4. The fourth-order valence-electron chi connectivity index (χ4n) is 3.69. The molecule has 0 saturated heterocycles. The number of halogens is 1. The van der Waals surface area contributed by atoms with E-state index in [-0.39, 0.29) is 11.9 Å². The molecule has 0 spiro atoms. The number of anilines is 3. The van der Waals surface area contributed by atoms with Gasteiger partial charge in [-0.1, -0.05) is 35.9 Å². The maximum Gasteiger partial charge on any atom is 0.258 e. The number of rotatable bonds is 3. The number of hydrogen-bond donors (Lipinski definition) is 1. The second kappa shape index (κ2) is 7.24. The second-order valence-electron chi connectivity index (χ2n) is 7.22. The van der Waals surface area contributed by atoms with E-state index >= 15 is 0 Å². The third-order valence-electron chi connectivity index (χ3n) is 4.99. The molecule has 1 N–H and O–H groups in total. The van der Waals surface area contributed by atoms with Crippen LogP contribution < -0.4 is 10.2 Å². The number of aromatic nitrogens is 2. The summed E-state index contributed by atoms with van der Waals surface area (Å²) < 4.78 is 0. The molecule has 142 valence electrons. The number of benzene rings is 2. The standard InChI is InChI=1S/C22H21ClN4O/c1-13-8-14(2)20(18(23)9-13)26-21(28)17-11-24-22(25-12-17)27-15(3)10-16-6-4-5-7-19(16)27/h4-9,11-12,15H,10H2,1-3H3,(H,26,28). The Hall–Kier alpha value is -2.92. The first-order chi connectivity index (χ1) is 13.4. The molecule has 28 heavy (non-hydrogen) atoms. The summed E-state index contributed by atoms with van der Waals surface area (Å²) in [7, 11) is 0. The summed E-state index contributed by atoms with van der Waals surface area (Å²) in [6, 6.07) is 12.3. The van der Waals surface area contributed by atoms with E-state index in [1.54, 1.807) is 12.4 Å². The van der Waals surface area contributed by atoms with E-state index in [1.807, 2.05) is 38.1 Å². The van der Waals surface area contributed by atoms with Crippen molar-refractivity contribution in [1.82, 2.24) is 9.97 Å². The topological polar surface area (TPSA) is 58.1 Å². The molecule has 0 fully saturated rings. The number of amides is 1. The van der Waals surface area contributed by atoms with Gasteiger partial charge in [-0.15, -0.1) is 0 Å². The molecule has 6 heteroatoms. The normalized spacial score (nSPS) is 15.4. The Morgan fingerprint density at radius 1 is 1.18 bits per heavy atom. The molecule has 0 bridgehead atoms. The number of carbonyl (C=O) groups is 1. The molecule has 5 nitrogen and oxygen atoms in total. The van der Waals surface area contributed by atoms with Crippen LogP contribution in [0.4, 0.5) is 17.3 Å². The molecule has 1 aromatic heterocycles. The van der Waals surface area contributed by atoms with Gasteiger partial charge in [0.15, 0.2) is 0 Å². The highest BCUT2D eigenvalue weighted by atomic mass is 35.5. The minimum atomic E-state index is -0.282. The van der Waals surface area contributed by atoms with E-state index in [0.717, 1.165) is 23.2 Å². The van der Waals surface area contributed by atoms with E-state index in [9.17, 15) is 4.79 Å². The zero-order valence-corrected chi connectivity index (χ0v) is 16.8. The molecule has 4 rings (SSSR count). The van der Waals surface area contributed by atoms with Gasteiger partial charge in [0, 0.05) is 24.1 Å². The highest BCUT2D eigenvalue weighted by Gasteiger charge is 2.28. The van der Waals surface area contributed by atoms with E-state index in [4.69, 9.17) is 11.6 Å². The van der Waals surface area contributed by atoms with Crippen LogP contribution in [0.2, 0.25) is 5.02 Å². The van der Waals surface area contributed by atoms with Crippen molar-refractivity contribution >= 4 is 34.8 Å². The van der Waals surface area contributed by atoms with Crippen LogP contribution in [0.5, 0.6) is 0 Å². The molecule has 2 aromatic carbocycles. The summed E-state index contributed by atoms with van der Waals surface area (Å²) in [4.78, 5) is 23.6. The van der Waals surface area contributed by atoms with Crippen LogP contribution in [0.15, 0.2) is 48.8 Å². The number of nitrogens with zero attached hydrogens (tertiary/aromatic N) is 3. The Bertz CT molecular complexity index is 1030. The van der Waals surface area contributed by atoms with Crippen molar-refractivity contribution < 1.29 is 4.79 Å². The third kappa shape index (κ3) is 3.34. The lowest BCUT2D eigenvalue weighted by molar-refractivity contribution is 0.102. The maximum atomic E-state index is 12.6. The summed E-state index contributed by atoms with van der Waals surface area (Å²) >= 11 is 6.29. The van der Waals surface area contributed by atoms with E-state index in [0.29, 0.717) is 22.2 Å². The van der Waals surface area contributed by atoms with Crippen LogP contribution in [0, 0.1) is 13.8 Å². The zero-order chi connectivity index (χ0) is 19.8. The first kappa shape index (κ1) is 18.4. The molecule has 1 atom stereocenters. The lowest BCUT2D eigenvalue weighted by Gasteiger charge is -2.22. The average Bonchev–Trinajstić information content (AvgIpc) is 3.00. The SMILES string of the molecule is Cc1cc(C)c(NC(=O)c2cnc(N3c4ccccc4CC3C)nc2)c(Cl)c1. The average molecular weight is 393 g/mol. The number of para-hydroxylation sites is 1. The first-order valence-electron chi connectivity index (χ1n) is 9.21. The van der Waals surface area contributed by atoms with Gasteiger partial charge < -0.3 is 10.2 Å². The minimum absolute atomic E-state index is 0.270. The maximum absolute atomic E-state index is 12.6. The van der Waals surface area contributed by atoms with Gasteiger partial charge in [0.05, 0.1) is 16.3 Å². The molecular formula is C22H21ClN4O. The number of fused-ring (bicyclic) bond motifs is 1. The molecule has 1 amide bonds. The zero-order valence-electron chi connectivity index (χ0n) is 16.0. The molecule has 0 aliphatic carbocycles. The fraction of sp³-hybridized carbons (Fsp3) is 0.227. The van der Waals surface area contributed by atoms with E-state index < -0.39 is 0 Å². The van der Waals surface area contributed by atoms with Gasteiger partial charge in [-0.2, -0.15) is 0 Å². The monoisotopic (exact) mass is 392 g/mol. The van der Waals surface area contributed by atoms with Gasteiger partial charge in [-0.25, -0.2) is 9.97 Å². The molecule has 3 aromatic rings. The van der Waals surface area contributed by atoms with Crippen molar-refractivity contribution in [3.05, 3.63) is 76.1 Å². The molecule has 1 unspecified atom stereocenters. The Balaban J connectivity index is 1.57. The first-order valence-corrected chi connectivity index (χ1v) is 9.59. The molecule has 1 aliphatic heterocycles. The lowest BCUT2D eigenvalue weighted by atomic mass is 10.1.